The van der Waals surface area contributed by atoms with Crippen molar-refractivity contribution >= 4 is 17.4 Å². The standard InChI is InChI=1S/C14H10O4.C7H9N/c15-12-8-10(14(17)18)6-7-11(12)13(16)9-4-2-1-3-5-9;1-6-2-4-7(8)5-3-6/h1-8,15H,(H,17,18);2-5H,8H2,1H3. The van der Waals surface area contributed by atoms with Crippen molar-refractivity contribution in [2.75, 3.05) is 5.73 Å². The van der Waals surface area contributed by atoms with E-state index in [1.807, 2.05) is 31.2 Å². The number of carboxylic acids is 1. The number of nitrogens with two attached hydrogens (primary N) is 1. The third kappa shape index (κ3) is 4.95. The molecule has 3 rings (SSSR count). The first-order valence-electron chi connectivity index (χ1n) is 7.86. The molecule has 0 spiro atoms. The normalized spacial score (nSPS) is 9.73. The summed E-state index contributed by atoms with van der Waals surface area (Å²) in [7, 11) is 0. The maximum atomic E-state index is 12.0. The summed E-state index contributed by atoms with van der Waals surface area (Å²) in [6.07, 6.45) is 0. The van der Waals surface area contributed by atoms with Gasteiger partial charge >= 0.3 is 5.97 Å². The summed E-state index contributed by atoms with van der Waals surface area (Å²) < 4.78 is 0. The van der Waals surface area contributed by atoms with Gasteiger partial charge in [-0.3, -0.25) is 4.79 Å². The molecule has 0 aliphatic carbocycles. The Morgan fingerprint density at radius 2 is 1.46 bits per heavy atom. The predicted molar refractivity (Wildman–Crippen MR) is 101 cm³/mol. The molecule has 0 saturated carbocycles. The SMILES string of the molecule is Cc1ccc(N)cc1.O=C(O)c1ccc(C(=O)c2ccccc2)c(O)c1. The number of hydrogen-bond donors (Lipinski definition) is 3. The highest BCUT2D eigenvalue weighted by atomic mass is 16.4. The number of hydrogen-bond acceptors (Lipinski definition) is 4. The first-order valence-corrected chi connectivity index (χ1v) is 7.86. The third-order valence-corrected chi connectivity index (χ3v) is 3.60. The van der Waals surface area contributed by atoms with Gasteiger partial charge in [0.25, 0.3) is 0 Å². The minimum atomic E-state index is -1.15. The number of benzene rings is 3. The molecule has 0 unspecified atom stereocenters. The Morgan fingerprint density at radius 3 is 1.96 bits per heavy atom. The van der Waals surface area contributed by atoms with Crippen LogP contribution in [0.4, 0.5) is 5.69 Å². The van der Waals surface area contributed by atoms with Crippen molar-refractivity contribution in [1.29, 1.82) is 0 Å². The first kappa shape index (κ1) is 18.7. The second kappa shape index (κ2) is 8.48. The van der Waals surface area contributed by atoms with Gasteiger partial charge in [0.15, 0.2) is 5.78 Å². The first-order chi connectivity index (χ1) is 12.4. The van der Waals surface area contributed by atoms with Gasteiger partial charge in [-0.1, -0.05) is 48.0 Å². The number of carboxylic acid groups (broad SMARTS) is 1. The summed E-state index contributed by atoms with van der Waals surface area (Å²) in [6, 6.07) is 19.9. The third-order valence-electron chi connectivity index (χ3n) is 3.60. The molecule has 132 valence electrons. The van der Waals surface area contributed by atoms with Gasteiger partial charge < -0.3 is 15.9 Å². The van der Waals surface area contributed by atoms with Crippen LogP contribution in [-0.4, -0.2) is 22.0 Å². The molecule has 0 heterocycles. The Hall–Kier alpha value is -3.60. The molecule has 0 aliphatic rings. The monoisotopic (exact) mass is 349 g/mol. The van der Waals surface area contributed by atoms with Crippen LogP contribution in [0.1, 0.15) is 31.8 Å². The zero-order valence-corrected chi connectivity index (χ0v) is 14.2. The van der Waals surface area contributed by atoms with Gasteiger partial charge in [-0.25, -0.2) is 4.79 Å². The average Bonchev–Trinajstić information content (AvgIpc) is 2.64. The molecule has 0 saturated heterocycles. The lowest BCUT2D eigenvalue weighted by Crippen LogP contribution is -2.03. The van der Waals surface area contributed by atoms with Crippen molar-refractivity contribution < 1.29 is 19.8 Å². The molecule has 0 aromatic heterocycles. The van der Waals surface area contributed by atoms with Crippen LogP contribution >= 0.6 is 0 Å². The molecule has 0 bridgehead atoms. The number of carbonyl (C=O) groups is 2. The Morgan fingerprint density at radius 1 is 0.846 bits per heavy atom. The Labute approximate surface area is 151 Å². The summed E-state index contributed by atoms with van der Waals surface area (Å²) in [5.41, 5.74) is 7.98. The summed E-state index contributed by atoms with van der Waals surface area (Å²) in [4.78, 5) is 22.7. The van der Waals surface area contributed by atoms with Crippen LogP contribution in [0.15, 0.2) is 72.8 Å². The van der Waals surface area contributed by atoms with Crippen molar-refractivity contribution in [1.82, 2.24) is 0 Å². The number of carbonyl (C=O) groups excluding carboxylic acids is 1. The van der Waals surface area contributed by atoms with Gasteiger partial charge in [0.1, 0.15) is 5.75 Å². The van der Waals surface area contributed by atoms with Gasteiger partial charge in [-0.2, -0.15) is 0 Å². The molecule has 0 aliphatic heterocycles. The van der Waals surface area contributed by atoms with Crippen molar-refractivity contribution in [3.05, 3.63) is 95.1 Å². The van der Waals surface area contributed by atoms with Gasteiger partial charge in [0.2, 0.25) is 0 Å². The van der Waals surface area contributed by atoms with E-state index in [1.165, 1.54) is 17.7 Å². The Kier molecular flexibility index (Phi) is 6.11. The molecule has 0 atom stereocenters. The van der Waals surface area contributed by atoms with E-state index in [9.17, 15) is 14.7 Å². The van der Waals surface area contributed by atoms with Gasteiger partial charge in [-0.05, 0) is 37.3 Å². The summed E-state index contributed by atoms with van der Waals surface area (Å²) in [5.74, 6) is -1.82. The minimum Gasteiger partial charge on any atom is -0.507 e. The van der Waals surface area contributed by atoms with Crippen LogP contribution in [0.3, 0.4) is 0 Å². The van der Waals surface area contributed by atoms with Crippen LogP contribution in [-0.2, 0) is 0 Å². The highest BCUT2D eigenvalue weighted by molar-refractivity contribution is 6.11. The number of aromatic hydroxyl groups is 1. The molecule has 3 aromatic carbocycles. The number of ketones is 1. The van der Waals surface area contributed by atoms with Crippen molar-refractivity contribution in [2.24, 2.45) is 0 Å². The number of aromatic carboxylic acids is 1. The number of aryl methyl sites for hydroxylation is 1. The highest BCUT2D eigenvalue weighted by Gasteiger charge is 2.15. The summed E-state index contributed by atoms with van der Waals surface area (Å²) in [5, 5.41) is 18.4. The van der Waals surface area contributed by atoms with Gasteiger partial charge in [0, 0.05) is 11.3 Å². The van der Waals surface area contributed by atoms with E-state index in [1.54, 1.807) is 30.3 Å². The zero-order chi connectivity index (χ0) is 19.1. The smallest absolute Gasteiger partial charge is 0.335 e. The maximum Gasteiger partial charge on any atom is 0.335 e. The predicted octanol–water partition coefficient (Wildman–Crippen LogP) is 3.90. The van der Waals surface area contributed by atoms with Gasteiger partial charge in [-0.15, -0.1) is 0 Å². The molecular weight excluding hydrogens is 330 g/mol. The quantitative estimate of drug-likeness (QED) is 0.492. The van der Waals surface area contributed by atoms with E-state index in [4.69, 9.17) is 10.8 Å². The summed E-state index contributed by atoms with van der Waals surface area (Å²) >= 11 is 0. The lowest BCUT2D eigenvalue weighted by molar-refractivity contribution is 0.0696. The minimum absolute atomic E-state index is 0.0582. The largest absolute Gasteiger partial charge is 0.507 e. The second-order valence-corrected chi connectivity index (χ2v) is 5.64. The number of nitrogen functional groups attached to an aromatic ring is 1. The van der Waals surface area contributed by atoms with Crippen LogP contribution < -0.4 is 5.73 Å². The molecule has 0 radical (unpaired) electrons. The number of phenolic OH excluding ortho intramolecular Hbond substituents is 1. The topological polar surface area (TPSA) is 101 Å². The second-order valence-electron chi connectivity index (χ2n) is 5.64. The van der Waals surface area contributed by atoms with Crippen molar-refractivity contribution in [3.8, 4) is 5.75 Å². The molecule has 4 N–H and O–H groups in total. The number of phenols is 1. The fourth-order valence-electron chi connectivity index (χ4n) is 2.17. The Bertz CT molecular complexity index is 882. The summed E-state index contributed by atoms with van der Waals surface area (Å²) in [6.45, 7) is 2.04. The zero-order valence-electron chi connectivity index (χ0n) is 14.2. The molecule has 5 nitrogen and oxygen atoms in total. The lowest BCUT2D eigenvalue weighted by atomic mass is 10.0. The molecule has 5 heteroatoms. The molecule has 26 heavy (non-hydrogen) atoms. The van der Waals surface area contributed by atoms with E-state index in [0.29, 0.717) is 5.56 Å². The highest BCUT2D eigenvalue weighted by Crippen LogP contribution is 2.22. The van der Waals surface area contributed by atoms with E-state index in [2.05, 4.69) is 0 Å². The number of anilines is 1. The van der Waals surface area contributed by atoms with E-state index < -0.39 is 5.97 Å². The fraction of sp³-hybridized carbons (Fsp3) is 0.0476. The van der Waals surface area contributed by atoms with E-state index in [-0.39, 0.29) is 22.7 Å². The van der Waals surface area contributed by atoms with Crippen molar-refractivity contribution in [3.63, 3.8) is 0 Å². The van der Waals surface area contributed by atoms with Crippen molar-refractivity contribution in [2.45, 2.75) is 6.92 Å². The van der Waals surface area contributed by atoms with Crippen LogP contribution in [0.25, 0.3) is 0 Å². The number of rotatable bonds is 3. The average molecular weight is 349 g/mol. The molecule has 0 fully saturated rings. The van der Waals surface area contributed by atoms with Crippen LogP contribution in [0, 0.1) is 6.92 Å². The van der Waals surface area contributed by atoms with Gasteiger partial charge in [0.05, 0.1) is 11.1 Å². The van der Waals surface area contributed by atoms with E-state index >= 15 is 0 Å². The fourth-order valence-corrected chi connectivity index (χ4v) is 2.17. The Balaban J connectivity index is 0.000000254. The molecular formula is C21H19NO4. The van der Waals surface area contributed by atoms with Crippen LogP contribution in [0.2, 0.25) is 0 Å². The molecule has 0 amide bonds. The lowest BCUT2D eigenvalue weighted by Gasteiger charge is -2.04. The van der Waals surface area contributed by atoms with E-state index in [0.717, 1.165) is 11.8 Å². The van der Waals surface area contributed by atoms with Crippen LogP contribution in [0.5, 0.6) is 5.75 Å². The molecule has 3 aromatic rings. The maximum absolute atomic E-state index is 12.0.